The highest BCUT2D eigenvalue weighted by atomic mass is 79.9. The summed E-state index contributed by atoms with van der Waals surface area (Å²) in [5, 5.41) is 9.41. The van der Waals surface area contributed by atoms with Crippen LogP contribution in [0.3, 0.4) is 0 Å². The highest BCUT2D eigenvalue weighted by Crippen LogP contribution is 2.26. The van der Waals surface area contributed by atoms with Gasteiger partial charge in [0.15, 0.2) is 0 Å². The average Bonchev–Trinajstić information content (AvgIpc) is 2.46. The van der Waals surface area contributed by atoms with E-state index in [1.165, 1.54) is 18.9 Å². The molecule has 0 saturated carbocycles. The molecule has 7 heteroatoms. The van der Waals surface area contributed by atoms with E-state index in [-0.39, 0.29) is 11.5 Å². The van der Waals surface area contributed by atoms with E-state index < -0.39 is 10.0 Å². The van der Waals surface area contributed by atoms with Crippen LogP contribution in [0, 0.1) is 0 Å². The quantitative estimate of drug-likeness (QED) is 0.824. The second-order valence-electron chi connectivity index (χ2n) is 4.76. The van der Waals surface area contributed by atoms with Gasteiger partial charge in [0.05, 0.1) is 11.5 Å². The van der Waals surface area contributed by atoms with Crippen molar-refractivity contribution in [2.75, 3.05) is 12.3 Å². The Kier molecular flexibility index (Phi) is 5.92. The molecule has 1 unspecified atom stereocenters. The van der Waals surface area contributed by atoms with Gasteiger partial charge in [-0.2, -0.15) is 11.8 Å². The largest absolute Gasteiger partial charge is 0.392 e. The van der Waals surface area contributed by atoms with Gasteiger partial charge in [-0.15, -0.1) is 0 Å². The van der Waals surface area contributed by atoms with Crippen molar-refractivity contribution in [2.24, 2.45) is 0 Å². The Bertz CT molecular complexity index is 557. The van der Waals surface area contributed by atoms with Gasteiger partial charge in [-0.25, -0.2) is 13.1 Å². The fraction of sp³-hybridized carbons (Fsp3) is 0.538. The molecular weight excluding hydrogens is 362 g/mol. The number of halogens is 1. The minimum Gasteiger partial charge on any atom is -0.392 e. The first kappa shape index (κ1) is 16.3. The standard InChI is InChI=1S/C13H18BrNO3S2/c14-12-7-10(9-16)4-5-13(12)20(17,18)15-8-11-3-1-2-6-19-11/h4-5,7,11,15-16H,1-3,6,8-9H2. The van der Waals surface area contributed by atoms with E-state index in [1.54, 1.807) is 12.1 Å². The molecule has 0 radical (unpaired) electrons. The number of rotatable bonds is 5. The Labute approximate surface area is 132 Å². The third kappa shape index (κ3) is 4.21. The van der Waals surface area contributed by atoms with Crippen molar-refractivity contribution < 1.29 is 13.5 Å². The van der Waals surface area contributed by atoms with Crippen molar-refractivity contribution in [3.63, 3.8) is 0 Å². The van der Waals surface area contributed by atoms with Crippen LogP contribution in [0.15, 0.2) is 27.6 Å². The summed E-state index contributed by atoms with van der Waals surface area (Å²) in [5.41, 5.74) is 0.679. The number of aliphatic hydroxyl groups is 1. The Morgan fingerprint density at radius 3 is 2.80 bits per heavy atom. The highest BCUT2D eigenvalue weighted by molar-refractivity contribution is 9.10. The summed E-state index contributed by atoms with van der Waals surface area (Å²) >= 11 is 5.09. The Morgan fingerprint density at radius 1 is 1.40 bits per heavy atom. The van der Waals surface area contributed by atoms with Crippen LogP contribution in [-0.4, -0.2) is 31.1 Å². The van der Waals surface area contributed by atoms with Crippen LogP contribution in [0.5, 0.6) is 0 Å². The second kappa shape index (κ2) is 7.26. The lowest BCUT2D eigenvalue weighted by Crippen LogP contribution is -2.32. The summed E-state index contributed by atoms with van der Waals surface area (Å²) in [6.07, 6.45) is 3.47. The van der Waals surface area contributed by atoms with Gasteiger partial charge in [-0.1, -0.05) is 12.5 Å². The summed E-state index contributed by atoms with van der Waals surface area (Å²) in [7, 11) is -3.51. The maximum absolute atomic E-state index is 12.3. The molecule has 0 bridgehead atoms. The summed E-state index contributed by atoms with van der Waals surface area (Å²) < 4.78 is 27.7. The molecular formula is C13H18BrNO3S2. The maximum Gasteiger partial charge on any atom is 0.241 e. The van der Waals surface area contributed by atoms with Crippen molar-refractivity contribution >= 4 is 37.7 Å². The molecule has 1 aliphatic heterocycles. The van der Waals surface area contributed by atoms with Crippen LogP contribution < -0.4 is 4.72 Å². The van der Waals surface area contributed by atoms with E-state index in [0.29, 0.717) is 21.8 Å². The fourth-order valence-electron chi connectivity index (χ4n) is 2.11. The molecule has 0 aliphatic carbocycles. The van der Waals surface area contributed by atoms with Gasteiger partial charge in [0, 0.05) is 16.3 Å². The number of benzene rings is 1. The maximum atomic E-state index is 12.3. The summed E-state index contributed by atoms with van der Waals surface area (Å²) in [6, 6.07) is 4.77. The van der Waals surface area contributed by atoms with Crippen molar-refractivity contribution in [1.29, 1.82) is 0 Å². The number of sulfonamides is 1. The normalized spacial score (nSPS) is 20.0. The molecule has 0 spiro atoms. The highest BCUT2D eigenvalue weighted by Gasteiger charge is 2.21. The SMILES string of the molecule is O=S(=O)(NCC1CCCCS1)c1ccc(CO)cc1Br. The Morgan fingerprint density at radius 2 is 2.20 bits per heavy atom. The predicted octanol–water partition coefficient (Wildman–Crippen LogP) is 2.51. The molecule has 1 atom stereocenters. The molecule has 2 rings (SSSR count). The summed E-state index contributed by atoms with van der Waals surface area (Å²) in [5.74, 6) is 1.11. The van der Waals surface area contributed by atoms with E-state index >= 15 is 0 Å². The van der Waals surface area contributed by atoms with E-state index in [1.807, 2.05) is 11.8 Å². The lowest BCUT2D eigenvalue weighted by atomic mass is 10.2. The lowest BCUT2D eigenvalue weighted by molar-refractivity contribution is 0.281. The van der Waals surface area contributed by atoms with Crippen LogP contribution in [0.4, 0.5) is 0 Å². The summed E-state index contributed by atoms with van der Waals surface area (Å²) in [6.45, 7) is 0.367. The molecule has 2 N–H and O–H groups in total. The first-order valence-electron chi connectivity index (χ1n) is 6.53. The first-order chi connectivity index (χ1) is 9.53. The smallest absolute Gasteiger partial charge is 0.241 e. The molecule has 1 aliphatic rings. The van der Waals surface area contributed by atoms with E-state index in [9.17, 15) is 8.42 Å². The van der Waals surface area contributed by atoms with Crippen molar-refractivity contribution in [3.8, 4) is 0 Å². The molecule has 1 aromatic carbocycles. The zero-order chi connectivity index (χ0) is 14.6. The molecule has 112 valence electrons. The molecule has 1 fully saturated rings. The number of hydrogen-bond donors (Lipinski definition) is 2. The van der Waals surface area contributed by atoms with Crippen molar-refractivity contribution in [3.05, 3.63) is 28.2 Å². The van der Waals surface area contributed by atoms with E-state index in [2.05, 4.69) is 20.7 Å². The fourth-order valence-corrected chi connectivity index (χ4v) is 5.66. The predicted molar refractivity (Wildman–Crippen MR) is 85.4 cm³/mol. The van der Waals surface area contributed by atoms with Crippen LogP contribution in [0.2, 0.25) is 0 Å². The van der Waals surface area contributed by atoms with Crippen LogP contribution in [0.1, 0.15) is 24.8 Å². The van der Waals surface area contributed by atoms with Gasteiger partial charge in [-0.3, -0.25) is 0 Å². The molecule has 1 saturated heterocycles. The molecule has 0 amide bonds. The van der Waals surface area contributed by atoms with Gasteiger partial charge in [0.1, 0.15) is 0 Å². The molecule has 4 nitrogen and oxygen atoms in total. The lowest BCUT2D eigenvalue weighted by Gasteiger charge is -2.21. The van der Waals surface area contributed by atoms with Crippen molar-refractivity contribution in [2.45, 2.75) is 36.0 Å². The van der Waals surface area contributed by atoms with Gasteiger partial charge in [0.25, 0.3) is 0 Å². The number of aliphatic hydroxyl groups excluding tert-OH is 1. The van der Waals surface area contributed by atoms with Crippen molar-refractivity contribution in [1.82, 2.24) is 4.72 Å². The van der Waals surface area contributed by atoms with Gasteiger partial charge in [0.2, 0.25) is 10.0 Å². The third-order valence-corrected chi connectivity index (χ3v) is 7.04. The average molecular weight is 380 g/mol. The van der Waals surface area contributed by atoms with Crippen LogP contribution in [-0.2, 0) is 16.6 Å². The topological polar surface area (TPSA) is 66.4 Å². The zero-order valence-electron chi connectivity index (χ0n) is 11.0. The molecule has 1 heterocycles. The minimum atomic E-state index is -3.51. The van der Waals surface area contributed by atoms with Gasteiger partial charge < -0.3 is 5.11 Å². The van der Waals surface area contributed by atoms with Gasteiger partial charge in [-0.05, 0) is 52.2 Å². The Hall–Kier alpha value is -0.0800. The number of nitrogens with one attached hydrogen (secondary N) is 1. The first-order valence-corrected chi connectivity index (χ1v) is 9.86. The van der Waals surface area contributed by atoms with Gasteiger partial charge >= 0.3 is 0 Å². The second-order valence-corrected chi connectivity index (χ2v) is 8.76. The Balaban J connectivity index is 2.05. The van der Waals surface area contributed by atoms with E-state index in [0.717, 1.165) is 12.2 Å². The van der Waals surface area contributed by atoms with Crippen LogP contribution >= 0.6 is 27.7 Å². The molecule has 1 aromatic rings. The van der Waals surface area contributed by atoms with E-state index in [4.69, 9.17) is 5.11 Å². The number of hydrogen-bond acceptors (Lipinski definition) is 4. The monoisotopic (exact) mass is 379 g/mol. The number of thioether (sulfide) groups is 1. The van der Waals surface area contributed by atoms with Crippen LogP contribution in [0.25, 0.3) is 0 Å². The third-order valence-electron chi connectivity index (χ3n) is 3.24. The molecule has 20 heavy (non-hydrogen) atoms. The zero-order valence-corrected chi connectivity index (χ0v) is 14.2. The molecule has 0 aromatic heterocycles. The summed E-state index contributed by atoms with van der Waals surface area (Å²) in [4.78, 5) is 0.218. The minimum absolute atomic E-state index is 0.106.